The van der Waals surface area contributed by atoms with Crippen LogP contribution in [-0.4, -0.2) is 28.6 Å². The molecule has 2 aliphatic rings. The summed E-state index contributed by atoms with van der Waals surface area (Å²) >= 11 is 0. The van der Waals surface area contributed by atoms with Gasteiger partial charge in [0.15, 0.2) is 0 Å². The quantitative estimate of drug-likeness (QED) is 0.782. The van der Waals surface area contributed by atoms with Gasteiger partial charge in [-0.3, -0.25) is 4.90 Å². The lowest BCUT2D eigenvalue weighted by atomic mass is 9.94. The molecule has 2 nitrogen and oxygen atoms in total. The maximum absolute atomic E-state index is 10.8. The Morgan fingerprint density at radius 1 is 1.11 bits per heavy atom. The average molecular weight is 259 g/mol. The zero-order chi connectivity index (χ0) is 13.2. The number of hydrogen-bond acceptors (Lipinski definition) is 2. The van der Waals surface area contributed by atoms with Gasteiger partial charge in [-0.15, -0.1) is 0 Å². The Kier molecular flexibility index (Phi) is 3.90. The summed E-state index contributed by atoms with van der Waals surface area (Å²) in [5.41, 5.74) is 2.52. The minimum atomic E-state index is -0.306. The van der Waals surface area contributed by atoms with Crippen molar-refractivity contribution in [2.75, 3.05) is 6.54 Å². The molecule has 1 aliphatic heterocycles. The highest BCUT2D eigenvalue weighted by Crippen LogP contribution is 2.34. The predicted molar refractivity (Wildman–Crippen MR) is 78.1 cm³/mol. The monoisotopic (exact) mass is 259 g/mol. The maximum atomic E-state index is 10.8. The van der Waals surface area contributed by atoms with Crippen LogP contribution >= 0.6 is 0 Å². The van der Waals surface area contributed by atoms with Gasteiger partial charge in [0.25, 0.3) is 0 Å². The lowest BCUT2D eigenvalue weighted by molar-refractivity contribution is 0.00854. The highest BCUT2D eigenvalue weighted by Gasteiger charge is 2.33. The van der Waals surface area contributed by atoms with Crippen LogP contribution in [0, 0.1) is 0 Å². The second-order valence-corrected chi connectivity index (χ2v) is 6.19. The molecule has 1 heterocycles. The molecule has 3 rings (SSSR count). The van der Waals surface area contributed by atoms with Gasteiger partial charge in [0.1, 0.15) is 0 Å². The molecule has 0 saturated carbocycles. The molecule has 1 N–H and O–H groups in total. The normalized spacial score (nSPS) is 32.6. The van der Waals surface area contributed by atoms with E-state index >= 15 is 0 Å². The largest absolute Gasteiger partial charge is 0.387 e. The molecule has 0 amide bonds. The Morgan fingerprint density at radius 3 is 2.79 bits per heavy atom. The second-order valence-electron chi connectivity index (χ2n) is 6.19. The Balaban J connectivity index is 1.86. The van der Waals surface area contributed by atoms with Crippen LogP contribution in [0.1, 0.15) is 56.3 Å². The fourth-order valence-corrected chi connectivity index (χ4v) is 3.88. The van der Waals surface area contributed by atoms with Crippen molar-refractivity contribution in [3.63, 3.8) is 0 Å². The SMILES string of the molecule is CC1CCCCN1C1CCCc2ccccc2C1O. The summed E-state index contributed by atoms with van der Waals surface area (Å²) in [7, 11) is 0. The average Bonchev–Trinajstić information content (AvgIpc) is 2.60. The van der Waals surface area contributed by atoms with Crippen molar-refractivity contribution < 1.29 is 5.11 Å². The van der Waals surface area contributed by atoms with E-state index in [9.17, 15) is 5.11 Å². The number of aliphatic hydroxyl groups excluding tert-OH is 1. The number of aryl methyl sites for hydroxylation is 1. The molecule has 1 saturated heterocycles. The van der Waals surface area contributed by atoms with Gasteiger partial charge >= 0.3 is 0 Å². The van der Waals surface area contributed by atoms with Gasteiger partial charge in [-0.05, 0) is 56.7 Å². The summed E-state index contributed by atoms with van der Waals surface area (Å²) in [6.07, 6.45) is 7.05. The number of rotatable bonds is 1. The first kappa shape index (κ1) is 13.1. The van der Waals surface area contributed by atoms with E-state index < -0.39 is 0 Å². The molecule has 1 aromatic carbocycles. The van der Waals surface area contributed by atoms with E-state index in [1.54, 1.807) is 0 Å². The molecule has 0 spiro atoms. The van der Waals surface area contributed by atoms with E-state index in [2.05, 4.69) is 36.1 Å². The predicted octanol–water partition coefficient (Wildman–Crippen LogP) is 3.30. The van der Waals surface area contributed by atoms with E-state index in [4.69, 9.17) is 0 Å². The van der Waals surface area contributed by atoms with E-state index in [0.717, 1.165) is 19.4 Å². The third kappa shape index (κ3) is 2.56. The Morgan fingerprint density at radius 2 is 1.95 bits per heavy atom. The molecule has 0 aromatic heterocycles. The molecular formula is C17H25NO. The minimum absolute atomic E-state index is 0.306. The molecule has 104 valence electrons. The first-order valence-electron chi connectivity index (χ1n) is 7.79. The van der Waals surface area contributed by atoms with Gasteiger partial charge in [0, 0.05) is 12.1 Å². The fourth-order valence-electron chi connectivity index (χ4n) is 3.88. The van der Waals surface area contributed by atoms with Crippen LogP contribution in [0.5, 0.6) is 0 Å². The van der Waals surface area contributed by atoms with Crippen molar-refractivity contribution in [1.82, 2.24) is 4.90 Å². The molecule has 1 aromatic rings. The molecule has 3 unspecified atom stereocenters. The summed E-state index contributed by atoms with van der Waals surface area (Å²) in [6, 6.07) is 9.39. The van der Waals surface area contributed by atoms with E-state index in [0.29, 0.717) is 12.1 Å². The van der Waals surface area contributed by atoms with Gasteiger partial charge in [-0.1, -0.05) is 30.7 Å². The third-order valence-electron chi connectivity index (χ3n) is 4.96. The summed E-state index contributed by atoms with van der Waals surface area (Å²) < 4.78 is 0. The van der Waals surface area contributed by atoms with Crippen molar-refractivity contribution in [2.45, 2.75) is 63.6 Å². The minimum Gasteiger partial charge on any atom is -0.387 e. The molecule has 19 heavy (non-hydrogen) atoms. The van der Waals surface area contributed by atoms with Gasteiger partial charge in [-0.25, -0.2) is 0 Å². The van der Waals surface area contributed by atoms with Crippen LogP contribution in [0.25, 0.3) is 0 Å². The van der Waals surface area contributed by atoms with Crippen LogP contribution in [0.15, 0.2) is 24.3 Å². The van der Waals surface area contributed by atoms with Crippen molar-refractivity contribution >= 4 is 0 Å². The molecule has 3 atom stereocenters. The molecule has 2 heteroatoms. The highest BCUT2D eigenvalue weighted by atomic mass is 16.3. The molecule has 1 fully saturated rings. The topological polar surface area (TPSA) is 23.5 Å². The number of likely N-dealkylation sites (tertiary alicyclic amines) is 1. The number of aliphatic hydroxyl groups is 1. The van der Waals surface area contributed by atoms with Gasteiger partial charge in [0.2, 0.25) is 0 Å². The number of benzene rings is 1. The first-order valence-corrected chi connectivity index (χ1v) is 7.79. The Hall–Kier alpha value is -0.860. The maximum Gasteiger partial charge on any atom is 0.0947 e. The van der Waals surface area contributed by atoms with E-state index in [1.165, 1.54) is 36.8 Å². The Labute approximate surface area is 116 Å². The lowest BCUT2D eigenvalue weighted by Crippen LogP contribution is -2.47. The number of piperidine rings is 1. The molecular weight excluding hydrogens is 234 g/mol. The van der Waals surface area contributed by atoms with Gasteiger partial charge < -0.3 is 5.11 Å². The van der Waals surface area contributed by atoms with Gasteiger partial charge in [-0.2, -0.15) is 0 Å². The molecule has 0 bridgehead atoms. The Bertz CT molecular complexity index is 431. The zero-order valence-electron chi connectivity index (χ0n) is 11.9. The number of fused-ring (bicyclic) bond motifs is 1. The zero-order valence-corrected chi connectivity index (χ0v) is 11.9. The summed E-state index contributed by atoms with van der Waals surface area (Å²) in [5, 5.41) is 10.8. The molecule has 0 radical (unpaired) electrons. The van der Waals surface area contributed by atoms with Crippen LogP contribution in [0.3, 0.4) is 0 Å². The summed E-state index contributed by atoms with van der Waals surface area (Å²) in [6.45, 7) is 3.48. The highest BCUT2D eigenvalue weighted by molar-refractivity contribution is 5.31. The van der Waals surface area contributed by atoms with E-state index in [-0.39, 0.29) is 6.10 Å². The number of hydrogen-bond donors (Lipinski definition) is 1. The number of nitrogens with zero attached hydrogens (tertiary/aromatic N) is 1. The van der Waals surface area contributed by atoms with Crippen LogP contribution in [0.4, 0.5) is 0 Å². The fraction of sp³-hybridized carbons (Fsp3) is 0.647. The lowest BCUT2D eigenvalue weighted by Gasteiger charge is -2.41. The van der Waals surface area contributed by atoms with Crippen molar-refractivity contribution in [3.8, 4) is 0 Å². The van der Waals surface area contributed by atoms with Crippen LogP contribution < -0.4 is 0 Å². The van der Waals surface area contributed by atoms with Gasteiger partial charge in [0.05, 0.1) is 6.10 Å². The molecule has 1 aliphatic carbocycles. The van der Waals surface area contributed by atoms with Crippen LogP contribution in [0.2, 0.25) is 0 Å². The van der Waals surface area contributed by atoms with Crippen molar-refractivity contribution in [3.05, 3.63) is 35.4 Å². The van der Waals surface area contributed by atoms with Crippen molar-refractivity contribution in [2.24, 2.45) is 0 Å². The third-order valence-corrected chi connectivity index (χ3v) is 4.96. The smallest absolute Gasteiger partial charge is 0.0947 e. The van der Waals surface area contributed by atoms with E-state index in [1.807, 2.05) is 0 Å². The van der Waals surface area contributed by atoms with Crippen molar-refractivity contribution in [1.29, 1.82) is 0 Å². The van der Waals surface area contributed by atoms with Crippen LogP contribution in [-0.2, 0) is 6.42 Å². The summed E-state index contributed by atoms with van der Waals surface area (Å²) in [5.74, 6) is 0. The standard InChI is InChI=1S/C17H25NO/c1-13-7-4-5-12-18(13)16-11-6-9-14-8-2-3-10-15(14)17(16)19/h2-3,8,10,13,16-17,19H,4-7,9,11-12H2,1H3. The first-order chi connectivity index (χ1) is 9.27. The summed E-state index contributed by atoms with van der Waals surface area (Å²) in [4.78, 5) is 2.57. The second kappa shape index (κ2) is 5.64.